The van der Waals surface area contributed by atoms with Gasteiger partial charge in [0.15, 0.2) is 17.6 Å². The van der Waals surface area contributed by atoms with E-state index in [0.717, 1.165) is 56.8 Å². The van der Waals surface area contributed by atoms with Gasteiger partial charge in [-0.3, -0.25) is 4.90 Å². The summed E-state index contributed by atoms with van der Waals surface area (Å²) in [6, 6.07) is 11.0. The molecule has 1 N–H and O–H groups in total. The highest BCUT2D eigenvalue weighted by atomic mass is 16.5. The van der Waals surface area contributed by atoms with E-state index in [9.17, 15) is 5.11 Å². The van der Waals surface area contributed by atoms with Crippen molar-refractivity contribution < 1.29 is 14.6 Å². The Morgan fingerprint density at radius 2 is 2.15 bits per heavy atom. The molecule has 34 heavy (non-hydrogen) atoms. The van der Waals surface area contributed by atoms with E-state index < -0.39 is 11.0 Å². The molecule has 8 rings (SSSR count). The molecular weight excluding hydrogens is 424 g/mol. The fourth-order valence-electron chi connectivity index (χ4n) is 8.53. The van der Waals surface area contributed by atoms with Gasteiger partial charge in [0.1, 0.15) is 0 Å². The SMILES string of the molecule is C=CCN1CC[C@]23c4c5ccc(OC)c4O[C@H]2c2c(c4cccc6c4n2CCC6)C[C@@]3(O)[C@H]1C5. The molecule has 1 spiro atoms. The van der Waals surface area contributed by atoms with Gasteiger partial charge in [-0.15, -0.1) is 6.58 Å². The number of piperidine rings is 1. The first kappa shape index (κ1) is 19.5. The molecule has 2 bridgehead atoms. The van der Waals surface area contributed by atoms with E-state index in [-0.39, 0.29) is 12.1 Å². The summed E-state index contributed by atoms with van der Waals surface area (Å²) >= 11 is 0. The number of hydrogen-bond acceptors (Lipinski definition) is 4. The van der Waals surface area contributed by atoms with Crippen molar-refractivity contribution in [1.29, 1.82) is 0 Å². The van der Waals surface area contributed by atoms with Crippen LogP contribution in [0.3, 0.4) is 0 Å². The maximum atomic E-state index is 12.9. The Kier molecular flexibility index (Phi) is 3.60. The third-order valence-electron chi connectivity index (χ3n) is 9.73. The predicted molar refractivity (Wildman–Crippen MR) is 131 cm³/mol. The number of benzene rings is 2. The number of fused-ring (bicyclic) bond motifs is 4. The number of nitrogens with zero attached hydrogens (tertiary/aromatic N) is 2. The Morgan fingerprint density at radius 3 is 3.00 bits per heavy atom. The second kappa shape index (κ2) is 6.27. The molecule has 4 heterocycles. The third kappa shape index (κ3) is 1.95. The highest BCUT2D eigenvalue weighted by Crippen LogP contribution is 2.69. The van der Waals surface area contributed by atoms with Crippen molar-refractivity contribution in [3.05, 3.63) is 70.9 Å². The van der Waals surface area contributed by atoms with Crippen molar-refractivity contribution in [2.75, 3.05) is 20.2 Å². The van der Waals surface area contributed by atoms with Crippen LogP contribution in [-0.4, -0.2) is 46.4 Å². The van der Waals surface area contributed by atoms with Gasteiger partial charge in [0.05, 0.1) is 29.3 Å². The fraction of sp³-hybridized carbons (Fsp3) is 0.448. The van der Waals surface area contributed by atoms with E-state index in [1.54, 1.807) is 7.11 Å². The van der Waals surface area contributed by atoms with Crippen molar-refractivity contribution >= 4 is 10.9 Å². The number of rotatable bonds is 3. The number of aromatic nitrogens is 1. The monoisotopic (exact) mass is 454 g/mol. The standard InChI is InChI=1S/C29H30N2O3/c1-3-12-30-14-11-28-23-18-9-10-21(33-2)26(23)34-27(28)25-20(16-29(28,32)22(30)15-18)19-8-4-6-17-7-5-13-31(25)24(17)19/h3-4,6,8-10,22,27,32H,1,5,7,11-16H2,2H3/t22-,27+,28+,29-/m1/s1. The molecular formula is C29H30N2O3. The van der Waals surface area contributed by atoms with E-state index in [2.05, 4.69) is 46.4 Å². The average Bonchev–Trinajstić information content (AvgIpc) is 3.35. The zero-order valence-corrected chi connectivity index (χ0v) is 19.6. The zero-order chi connectivity index (χ0) is 22.8. The van der Waals surface area contributed by atoms with Crippen LogP contribution in [0.4, 0.5) is 0 Å². The van der Waals surface area contributed by atoms with Gasteiger partial charge in [0.2, 0.25) is 0 Å². The average molecular weight is 455 g/mol. The Bertz CT molecular complexity index is 1410. The van der Waals surface area contributed by atoms with Gasteiger partial charge in [-0.25, -0.2) is 0 Å². The Morgan fingerprint density at radius 1 is 1.24 bits per heavy atom. The minimum atomic E-state index is -0.903. The highest BCUT2D eigenvalue weighted by molar-refractivity contribution is 5.90. The van der Waals surface area contributed by atoms with Gasteiger partial charge < -0.3 is 19.1 Å². The van der Waals surface area contributed by atoms with Crippen molar-refractivity contribution in [2.45, 2.75) is 61.8 Å². The Balaban J connectivity index is 1.48. The molecule has 1 aromatic heterocycles. The summed E-state index contributed by atoms with van der Waals surface area (Å²) in [5.74, 6) is 1.65. The summed E-state index contributed by atoms with van der Waals surface area (Å²) in [5.41, 5.74) is 6.55. The first-order valence-electron chi connectivity index (χ1n) is 12.7. The quantitative estimate of drug-likeness (QED) is 0.606. The van der Waals surface area contributed by atoms with Crippen LogP contribution in [0.15, 0.2) is 43.0 Å². The first-order chi connectivity index (χ1) is 16.6. The van der Waals surface area contributed by atoms with Crippen LogP contribution in [-0.2, 0) is 31.2 Å². The predicted octanol–water partition coefficient (Wildman–Crippen LogP) is 4.07. The van der Waals surface area contributed by atoms with Crippen LogP contribution in [0.25, 0.3) is 10.9 Å². The van der Waals surface area contributed by atoms with Crippen LogP contribution >= 0.6 is 0 Å². The van der Waals surface area contributed by atoms with Gasteiger partial charge in [-0.2, -0.15) is 0 Å². The van der Waals surface area contributed by atoms with Crippen LogP contribution in [0.5, 0.6) is 11.5 Å². The molecule has 5 heteroatoms. The van der Waals surface area contributed by atoms with Crippen LogP contribution in [0.1, 0.15) is 46.9 Å². The summed E-state index contributed by atoms with van der Waals surface area (Å²) < 4.78 is 15.3. The number of aryl methyl sites for hydroxylation is 2. The van der Waals surface area contributed by atoms with Crippen molar-refractivity contribution in [3.8, 4) is 11.5 Å². The minimum Gasteiger partial charge on any atom is -0.493 e. The number of likely N-dealkylation sites (tertiary alicyclic amines) is 1. The minimum absolute atomic E-state index is 0.0389. The van der Waals surface area contributed by atoms with Crippen molar-refractivity contribution in [1.82, 2.24) is 9.47 Å². The highest BCUT2D eigenvalue weighted by Gasteiger charge is 2.73. The van der Waals surface area contributed by atoms with Crippen LogP contribution in [0, 0.1) is 0 Å². The molecule has 3 aliphatic heterocycles. The number of hydrogen-bond donors (Lipinski definition) is 1. The lowest BCUT2D eigenvalue weighted by Crippen LogP contribution is -2.74. The van der Waals surface area contributed by atoms with E-state index in [0.29, 0.717) is 6.42 Å². The second-order valence-corrected chi connectivity index (χ2v) is 10.9. The van der Waals surface area contributed by atoms with Gasteiger partial charge >= 0.3 is 0 Å². The molecule has 4 atom stereocenters. The largest absolute Gasteiger partial charge is 0.493 e. The molecule has 5 aliphatic rings. The Labute approximate surface area is 199 Å². The van der Waals surface area contributed by atoms with Gasteiger partial charge in [0, 0.05) is 43.0 Å². The second-order valence-electron chi connectivity index (χ2n) is 10.9. The number of para-hydroxylation sites is 1. The summed E-state index contributed by atoms with van der Waals surface area (Å²) in [5, 5.41) is 14.2. The molecule has 3 aromatic rings. The molecule has 0 unspecified atom stereocenters. The maximum absolute atomic E-state index is 12.9. The Hall–Kier alpha value is -2.76. The molecule has 5 nitrogen and oxygen atoms in total. The number of ether oxygens (including phenoxy) is 2. The molecule has 174 valence electrons. The molecule has 2 aromatic carbocycles. The lowest BCUT2D eigenvalue weighted by atomic mass is 9.49. The van der Waals surface area contributed by atoms with E-state index >= 15 is 0 Å². The van der Waals surface area contributed by atoms with Gasteiger partial charge in [0.25, 0.3) is 0 Å². The molecule has 0 radical (unpaired) electrons. The van der Waals surface area contributed by atoms with E-state index in [1.165, 1.54) is 38.9 Å². The normalized spacial score (nSPS) is 32.2. The summed E-state index contributed by atoms with van der Waals surface area (Å²) in [6.07, 6.45) is 6.42. The topological polar surface area (TPSA) is 46.9 Å². The van der Waals surface area contributed by atoms with Crippen molar-refractivity contribution in [2.24, 2.45) is 0 Å². The molecule has 0 saturated carbocycles. The van der Waals surface area contributed by atoms with E-state index in [1.807, 2.05) is 6.08 Å². The van der Waals surface area contributed by atoms with Crippen LogP contribution in [0.2, 0.25) is 0 Å². The maximum Gasteiger partial charge on any atom is 0.166 e. The van der Waals surface area contributed by atoms with Gasteiger partial charge in [-0.1, -0.05) is 30.3 Å². The molecule has 0 amide bonds. The lowest BCUT2D eigenvalue weighted by molar-refractivity contribution is -0.171. The molecule has 1 saturated heterocycles. The fourth-order valence-corrected chi connectivity index (χ4v) is 8.53. The number of aliphatic hydroxyl groups is 1. The smallest absolute Gasteiger partial charge is 0.166 e. The number of methoxy groups -OCH3 is 1. The molecule has 2 aliphatic carbocycles. The zero-order valence-electron chi connectivity index (χ0n) is 19.6. The molecule has 1 fully saturated rings. The lowest BCUT2D eigenvalue weighted by Gasteiger charge is -2.62. The summed E-state index contributed by atoms with van der Waals surface area (Å²) in [4.78, 5) is 2.45. The summed E-state index contributed by atoms with van der Waals surface area (Å²) in [7, 11) is 1.72. The van der Waals surface area contributed by atoms with E-state index in [4.69, 9.17) is 9.47 Å². The van der Waals surface area contributed by atoms with Crippen LogP contribution < -0.4 is 9.47 Å². The third-order valence-corrected chi connectivity index (χ3v) is 9.73. The van der Waals surface area contributed by atoms with Gasteiger partial charge in [-0.05, 0) is 48.4 Å². The first-order valence-corrected chi connectivity index (χ1v) is 12.7. The van der Waals surface area contributed by atoms with Crippen molar-refractivity contribution in [3.63, 3.8) is 0 Å². The summed E-state index contributed by atoms with van der Waals surface area (Å²) in [6.45, 7) is 6.77.